The molecule has 0 spiro atoms. The fraction of sp³-hybridized carbons (Fsp3) is 0.647. The van der Waals surface area contributed by atoms with E-state index in [0.29, 0.717) is 30.0 Å². The molecule has 8 heteroatoms. The lowest BCUT2D eigenvalue weighted by Crippen LogP contribution is -2.29. The first-order valence-electron chi connectivity index (χ1n) is 8.86. The van der Waals surface area contributed by atoms with E-state index >= 15 is 0 Å². The van der Waals surface area contributed by atoms with E-state index in [1.54, 1.807) is 17.1 Å². The molecule has 0 bridgehead atoms. The average Bonchev–Trinajstić information content (AvgIpc) is 3.37. The lowest BCUT2D eigenvalue weighted by Gasteiger charge is -2.18. The van der Waals surface area contributed by atoms with Crippen molar-refractivity contribution in [2.45, 2.75) is 31.6 Å². The number of carbonyl (C=O) groups excluding carboxylic acids is 1. The van der Waals surface area contributed by atoms with E-state index in [2.05, 4.69) is 15.2 Å². The Labute approximate surface area is 146 Å². The first-order chi connectivity index (χ1) is 12.2. The van der Waals surface area contributed by atoms with Gasteiger partial charge in [-0.15, -0.1) is 10.2 Å². The Bertz CT molecular complexity index is 734. The Balaban J connectivity index is 1.33. The van der Waals surface area contributed by atoms with Crippen LogP contribution in [0.1, 0.15) is 47.5 Å². The third-order valence-electron chi connectivity index (χ3n) is 5.01. The minimum Gasteiger partial charge on any atom is -0.425 e. The number of amides is 1. The van der Waals surface area contributed by atoms with Gasteiger partial charge in [0.15, 0.2) is 0 Å². The highest BCUT2D eigenvalue weighted by Gasteiger charge is 2.30. The van der Waals surface area contributed by atoms with Crippen molar-refractivity contribution in [3.63, 3.8) is 0 Å². The van der Waals surface area contributed by atoms with Crippen LogP contribution in [0, 0.1) is 5.92 Å². The maximum Gasteiger partial charge on any atom is 0.274 e. The van der Waals surface area contributed by atoms with E-state index in [1.807, 2.05) is 11.9 Å². The van der Waals surface area contributed by atoms with Crippen LogP contribution in [0.3, 0.4) is 0 Å². The monoisotopic (exact) mass is 345 g/mol. The molecule has 0 N–H and O–H groups in total. The minimum atomic E-state index is -0.00322. The highest BCUT2D eigenvalue weighted by molar-refractivity contribution is 5.92. The lowest BCUT2D eigenvalue weighted by atomic mass is 10.0. The second-order valence-corrected chi connectivity index (χ2v) is 6.96. The zero-order valence-corrected chi connectivity index (χ0v) is 14.4. The first-order valence-corrected chi connectivity index (χ1v) is 8.86. The number of aromatic nitrogens is 4. The van der Waals surface area contributed by atoms with Crippen LogP contribution in [0.2, 0.25) is 0 Å². The van der Waals surface area contributed by atoms with Crippen LogP contribution in [0.15, 0.2) is 16.9 Å². The van der Waals surface area contributed by atoms with Gasteiger partial charge >= 0.3 is 0 Å². The van der Waals surface area contributed by atoms with E-state index in [0.717, 1.165) is 51.3 Å². The molecule has 134 valence electrons. The van der Waals surface area contributed by atoms with Crippen LogP contribution in [0.5, 0.6) is 0 Å². The smallest absolute Gasteiger partial charge is 0.274 e. The summed E-state index contributed by atoms with van der Waals surface area (Å²) < 4.78 is 13.0. The number of rotatable bonds is 4. The number of imidazole rings is 1. The van der Waals surface area contributed by atoms with Crippen LogP contribution in [0.25, 0.3) is 0 Å². The zero-order chi connectivity index (χ0) is 17.2. The van der Waals surface area contributed by atoms with Crippen molar-refractivity contribution in [3.8, 4) is 0 Å². The lowest BCUT2D eigenvalue weighted by molar-refractivity contribution is 0.0780. The summed E-state index contributed by atoms with van der Waals surface area (Å²) in [4.78, 5) is 18.5. The molecule has 2 aliphatic heterocycles. The summed E-state index contributed by atoms with van der Waals surface area (Å²) in [6.45, 7) is 2.98. The third-order valence-corrected chi connectivity index (χ3v) is 5.01. The van der Waals surface area contributed by atoms with Crippen LogP contribution < -0.4 is 0 Å². The molecule has 25 heavy (non-hydrogen) atoms. The van der Waals surface area contributed by atoms with Gasteiger partial charge < -0.3 is 18.6 Å². The zero-order valence-electron chi connectivity index (χ0n) is 14.4. The Morgan fingerprint density at radius 3 is 2.88 bits per heavy atom. The number of carbonyl (C=O) groups is 1. The summed E-state index contributed by atoms with van der Waals surface area (Å²) in [6.07, 6.45) is 6.97. The van der Waals surface area contributed by atoms with E-state index in [4.69, 9.17) is 9.15 Å². The van der Waals surface area contributed by atoms with Crippen molar-refractivity contribution in [2.24, 2.45) is 13.0 Å². The molecular formula is C17H23N5O3. The first kappa shape index (κ1) is 16.3. The molecule has 4 heterocycles. The molecule has 0 unspecified atom stereocenters. The quantitative estimate of drug-likeness (QED) is 0.832. The highest BCUT2D eigenvalue weighted by atomic mass is 16.5. The standard InChI is InChI=1S/C17H23N5O3/c1-21-10-14(18-11-21)17(23)22-5-2-12(9-22)8-15-19-20-16(25-15)13-3-6-24-7-4-13/h10-13H,2-9H2,1H3/t12-/m1/s1. The Morgan fingerprint density at radius 2 is 2.12 bits per heavy atom. The van der Waals surface area contributed by atoms with Crippen molar-refractivity contribution in [1.82, 2.24) is 24.6 Å². The molecule has 2 saturated heterocycles. The SMILES string of the molecule is Cn1cnc(C(=O)N2CC[C@H](Cc3nnc(C4CCOCC4)o3)C2)c1. The van der Waals surface area contributed by atoms with Gasteiger partial charge in [0, 0.05) is 51.9 Å². The van der Waals surface area contributed by atoms with Crippen LogP contribution in [0.4, 0.5) is 0 Å². The Morgan fingerprint density at radius 1 is 1.28 bits per heavy atom. The number of likely N-dealkylation sites (tertiary alicyclic amines) is 1. The van der Waals surface area contributed by atoms with E-state index < -0.39 is 0 Å². The molecule has 2 aromatic rings. The summed E-state index contributed by atoms with van der Waals surface area (Å²) in [5.41, 5.74) is 0.503. The van der Waals surface area contributed by atoms with Gasteiger partial charge in [-0.05, 0) is 25.2 Å². The second kappa shape index (κ2) is 6.95. The predicted octanol–water partition coefficient (Wildman–Crippen LogP) is 1.40. The van der Waals surface area contributed by atoms with Gasteiger partial charge in [0.1, 0.15) is 5.69 Å². The molecule has 2 aliphatic rings. The maximum atomic E-state index is 12.5. The number of hydrogen-bond donors (Lipinski definition) is 0. The van der Waals surface area contributed by atoms with Crippen LogP contribution >= 0.6 is 0 Å². The molecule has 2 fully saturated rings. The predicted molar refractivity (Wildman–Crippen MR) is 88.0 cm³/mol. The topological polar surface area (TPSA) is 86.3 Å². The maximum absolute atomic E-state index is 12.5. The van der Waals surface area contributed by atoms with E-state index in [-0.39, 0.29) is 5.91 Å². The number of nitrogens with zero attached hydrogens (tertiary/aromatic N) is 5. The van der Waals surface area contributed by atoms with Gasteiger partial charge in [-0.1, -0.05) is 0 Å². The molecule has 0 radical (unpaired) electrons. The molecule has 8 nitrogen and oxygen atoms in total. The molecule has 0 saturated carbocycles. The second-order valence-electron chi connectivity index (χ2n) is 6.96. The van der Waals surface area contributed by atoms with Crippen molar-refractivity contribution < 1.29 is 13.9 Å². The van der Waals surface area contributed by atoms with Crippen LogP contribution in [-0.4, -0.2) is 56.9 Å². The van der Waals surface area contributed by atoms with Gasteiger partial charge in [-0.25, -0.2) is 4.98 Å². The molecule has 1 atom stereocenters. The van der Waals surface area contributed by atoms with Crippen molar-refractivity contribution in [1.29, 1.82) is 0 Å². The van der Waals surface area contributed by atoms with Gasteiger partial charge in [-0.2, -0.15) is 0 Å². The molecule has 0 aromatic carbocycles. The van der Waals surface area contributed by atoms with Crippen molar-refractivity contribution in [2.75, 3.05) is 26.3 Å². The number of hydrogen-bond acceptors (Lipinski definition) is 6. The normalized spacial score (nSPS) is 21.8. The highest BCUT2D eigenvalue weighted by Crippen LogP contribution is 2.27. The number of ether oxygens (including phenoxy) is 1. The summed E-state index contributed by atoms with van der Waals surface area (Å²) in [5.74, 6) is 2.09. The molecule has 4 rings (SSSR count). The third kappa shape index (κ3) is 3.58. The Kier molecular flexibility index (Phi) is 4.52. The van der Waals surface area contributed by atoms with Gasteiger partial charge in [0.25, 0.3) is 5.91 Å². The molecule has 2 aromatic heterocycles. The van der Waals surface area contributed by atoms with E-state index in [9.17, 15) is 4.79 Å². The van der Waals surface area contributed by atoms with E-state index in [1.165, 1.54) is 0 Å². The molecule has 1 amide bonds. The molecular weight excluding hydrogens is 322 g/mol. The summed E-state index contributed by atoms with van der Waals surface area (Å²) in [7, 11) is 1.86. The molecule has 0 aliphatic carbocycles. The largest absolute Gasteiger partial charge is 0.425 e. The fourth-order valence-corrected chi connectivity index (χ4v) is 3.57. The number of aryl methyl sites for hydroxylation is 1. The van der Waals surface area contributed by atoms with Gasteiger partial charge in [0.2, 0.25) is 11.8 Å². The van der Waals surface area contributed by atoms with Crippen molar-refractivity contribution in [3.05, 3.63) is 30.0 Å². The Hall–Kier alpha value is -2.22. The summed E-state index contributed by atoms with van der Waals surface area (Å²) in [6, 6.07) is 0. The fourth-order valence-electron chi connectivity index (χ4n) is 3.57. The van der Waals surface area contributed by atoms with Crippen molar-refractivity contribution >= 4 is 5.91 Å². The summed E-state index contributed by atoms with van der Waals surface area (Å²) >= 11 is 0. The van der Waals surface area contributed by atoms with Gasteiger partial charge in [0.05, 0.1) is 6.33 Å². The van der Waals surface area contributed by atoms with Gasteiger partial charge in [-0.3, -0.25) is 4.79 Å². The minimum absolute atomic E-state index is 0.00322. The van der Waals surface area contributed by atoms with Crippen LogP contribution in [-0.2, 0) is 18.2 Å². The average molecular weight is 345 g/mol. The summed E-state index contributed by atoms with van der Waals surface area (Å²) in [5, 5.41) is 8.43.